The molecule has 0 saturated heterocycles. The van der Waals surface area contributed by atoms with E-state index in [1.165, 1.54) is 6.92 Å². The van der Waals surface area contributed by atoms with Gasteiger partial charge in [0.2, 0.25) is 0 Å². The van der Waals surface area contributed by atoms with Gasteiger partial charge in [0.25, 0.3) is 5.91 Å². The maximum Gasteiger partial charge on any atom is 0.251 e. The number of nitrogens with one attached hydrogen (secondary N) is 1. The molecule has 0 spiro atoms. The summed E-state index contributed by atoms with van der Waals surface area (Å²) < 4.78 is 26.3. The molecular weight excluding hydrogens is 224 g/mol. The van der Waals surface area contributed by atoms with Gasteiger partial charge in [-0.3, -0.25) is 4.79 Å². The Morgan fingerprint density at radius 3 is 2.35 bits per heavy atom. The standard InChI is InChI=1S/C13H17F2NO/c1-7(2)9(4)16-13(17)11-5-10(14)6-12(15)8(11)3/h5-7,9H,1-4H3,(H,16,17). The van der Waals surface area contributed by atoms with E-state index in [2.05, 4.69) is 5.32 Å². The van der Waals surface area contributed by atoms with E-state index in [4.69, 9.17) is 0 Å². The number of benzene rings is 1. The quantitative estimate of drug-likeness (QED) is 0.865. The molecule has 0 aromatic heterocycles. The van der Waals surface area contributed by atoms with Crippen LogP contribution < -0.4 is 5.32 Å². The summed E-state index contributed by atoms with van der Waals surface area (Å²) in [7, 11) is 0. The zero-order valence-corrected chi connectivity index (χ0v) is 10.5. The SMILES string of the molecule is Cc1c(F)cc(F)cc1C(=O)NC(C)C(C)C. The predicted octanol–water partition coefficient (Wildman–Crippen LogP) is 3.05. The molecule has 0 aliphatic heterocycles. The van der Waals surface area contributed by atoms with Crippen LogP contribution in [0.3, 0.4) is 0 Å². The number of carbonyl (C=O) groups is 1. The number of hydrogen-bond donors (Lipinski definition) is 1. The van der Waals surface area contributed by atoms with Crippen molar-refractivity contribution < 1.29 is 13.6 Å². The molecule has 1 unspecified atom stereocenters. The van der Waals surface area contributed by atoms with Crippen molar-refractivity contribution in [2.45, 2.75) is 33.7 Å². The molecule has 1 amide bonds. The molecule has 94 valence electrons. The summed E-state index contributed by atoms with van der Waals surface area (Å²) in [6.45, 7) is 7.24. The Morgan fingerprint density at radius 2 is 1.82 bits per heavy atom. The van der Waals surface area contributed by atoms with Gasteiger partial charge >= 0.3 is 0 Å². The lowest BCUT2D eigenvalue weighted by Crippen LogP contribution is -2.36. The smallest absolute Gasteiger partial charge is 0.251 e. The summed E-state index contributed by atoms with van der Waals surface area (Å²) in [4.78, 5) is 11.8. The van der Waals surface area contributed by atoms with Crippen LogP contribution in [0.4, 0.5) is 8.78 Å². The number of carbonyl (C=O) groups excluding carboxylic acids is 1. The Kier molecular flexibility index (Phi) is 4.21. The van der Waals surface area contributed by atoms with Gasteiger partial charge in [0, 0.05) is 17.7 Å². The Bertz CT molecular complexity index is 430. The highest BCUT2D eigenvalue weighted by atomic mass is 19.1. The number of halogens is 2. The van der Waals surface area contributed by atoms with Crippen LogP contribution in [-0.2, 0) is 0 Å². The molecule has 4 heteroatoms. The van der Waals surface area contributed by atoms with Gasteiger partial charge < -0.3 is 5.32 Å². The van der Waals surface area contributed by atoms with Crippen molar-refractivity contribution >= 4 is 5.91 Å². The first-order chi connectivity index (χ1) is 7.82. The van der Waals surface area contributed by atoms with Gasteiger partial charge in [0.05, 0.1) is 0 Å². The maximum atomic E-state index is 13.3. The second-order valence-electron chi connectivity index (χ2n) is 4.57. The fourth-order valence-electron chi connectivity index (χ4n) is 1.33. The summed E-state index contributed by atoms with van der Waals surface area (Å²) >= 11 is 0. The molecule has 2 nitrogen and oxygen atoms in total. The summed E-state index contributed by atoms with van der Waals surface area (Å²) in [6.07, 6.45) is 0. The maximum absolute atomic E-state index is 13.3. The second-order valence-corrected chi connectivity index (χ2v) is 4.57. The Balaban J connectivity index is 2.97. The zero-order valence-electron chi connectivity index (χ0n) is 10.5. The van der Waals surface area contributed by atoms with Crippen molar-refractivity contribution in [3.63, 3.8) is 0 Å². The van der Waals surface area contributed by atoms with Gasteiger partial charge in [0.15, 0.2) is 0 Å². The Labute approximate surface area is 100 Å². The van der Waals surface area contributed by atoms with Gasteiger partial charge in [0.1, 0.15) is 11.6 Å². The van der Waals surface area contributed by atoms with Crippen LogP contribution in [0.2, 0.25) is 0 Å². The minimum absolute atomic E-state index is 0.0479. The molecule has 0 aliphatic carbocycles. The monoisotopic (exact) mass is 241 g/mol. The molecule has 1 aromatic carbocycles. The molecule has 0 saturated carbocycles. The predicted molar refractivity (Wildman–Crippen MR) is 62.9 cm³/mol. The zero-order chi connectivity index (χ0) is 13.2. The largest absolute Gasteiger partial charge is 0.349 e. The molecule has 0 bridgehead atoms. The first-order valence-electron chi connectivity index (χ1n) is 5.59. The van der Waals surface area contributed by atoms with Gasteiger partial charge in [-0.25, -0.2) is 8.78 Å². The lowest BCUT2D eigenvalue weighted by molar-refractivity contribution is 0.0929. The lowest BCUT2D eigenvalue weighted by atomic mass is 10.0. The first-order valence-corrected chi connectivity index (χ1v) is 5.59. The van der Waals surface area contributed by atoms with E-state index >= 15 is 0 Å². The van der Waals surface area contributed by atoms with Crippen molar-refractivity contribution in [3.8, 4) is 0 Å². The number of hydrogen-bond acceptors (Lipinski definition) is 1. The van der Waals surface area contributed by atoms with Crippen LogP contribution in [0, 0.1) is 24.5 Å². The molecule has 1 aromatic rings. The van der Waals surface area contributed by atoms with Crippen molar-refractivity contribution in [2.24, 2.45) is 5.92 Å². The van der Waals surface area contributed by atoms with Gasteiger partial charge in [-0.2, -0.15) is 0 Å². The Hall–Kier alpha value is -1.45. The third kappa shape index (κ3) is 3.25. The Morgan fingerprint density at radius 1 is 1.24 bits per heavy atom. The molecule has 1 rings (SSSR count). The molecular formula is C13H17F2NO. The third-order valence-electron chi connectivity index (χ3n) is 2.91. The molecule has 17 heavy (non-hydrogen) atoms. The van der Waals surface area contributed by atoms with E-state index in [1.807, 2.05) is 20.8 Å². The normalized spacial score (nSPS) is 12.6. The minimum Gasteiger partial charge on any atom is -0.349 e. The van der Waals surface area contributed by atoms with E-state index in [0.717, 1.165) is 12.1 Å². The van der Waals surface area contributed by atoms with Crippen LogP contribution in [0.25, 0.3) is 0 Å². The van der Waals surface area contributed by atoms with Crippen LogP contribution in [0.5, 0.6) is 0 Å². The summed E-state index contributed by atoms with van der Waals surface area (Å²) in [5.74, 6) is -1.62. The number of amides is 1. The minimum atomic E-state index is -0.740. The van der Waals surface area contributed by atoms with Crippen LogP contribution >= 0.6 is 0 Å². The highest BCUT2D eigenvalue weighted by molar-refractivity contribution is 5.95. The fourth-order valence-corrected chi connectivity index (χ4v) is 1.33. The average molecular weight is 241 g/mol. The van der Waals surface area contributed by atoms with Crippen molar-refractivity contribution in [3.05, 3.63) is 34.9 Å². The summed E-state index contributed by atoms with van der Waals surface area (Å²) in [5.41, 5.74) is 0.217. The highest BCUT2D eigenvalue weighted by Crippen LogP contribution is 2.15. The van der Waals surface area contributed by atoms with Crippen LogP contribution in [0.1, 0.15) is 36.7 Å². The van der Waals surface area contributed by atoms with Crippen LogP contribution in [0.15, 0.2) is 12.1 Å². The molecule has 0 heterocycles. The van der Waals surface area contributed by atoms with Gasteiger partial charge in [-0.1, -0.05) is 13.8 Å². The van der Waals surface area contributed by atoms with Crippen molar-refractivity contribution in [2.75, 3.05) is 0 Å². The van der Waals surface area contributed by atoms with E-state index < -0.39 is 17.5 Å². The molecule has 0 radical (unpaired) electrons. The van der Waals surface area contributed by atoms with Gasteiger partial charge in [-0.15, -0.1) is 0 Å². The second kappa shape index (κ2) is 5.25. The van der Waals surface area contributed by atoms with E-state index in [1.54, 1.807) is 0 Å². The average Bonchev–Trinajstić information content (AvgIpc) is 2.22. The van der Waals surface area contributed by atoms with Gasteiger partial charge in [-0.05, 0) is 31.4 Å². The van der Waals surface area contributed by atoms with Crippen LogP contribution in [-0.4, -0.2) is 11.9 Å². The molecule has 1 atom stereocenters. The molecule has 0 fully saturated rings. The fraction of sp³-hybridized carbons (Fsp3) is 0.462. The molecule has 0 aliphatic rings. The van der Waals surface area contributed by atoms with Crippen molar-refractivity contribution in [1.82, 2.24) is 5.32 Å². The highest BCUT2D eigenvalue weighted by Gasteiger charge is 2.17. The number of rotatable bonds is 3. The lowest BCUT2D eigenvalue weighted by Gasteiger charge is -2.18. The topological polar surface area (TPSA) is 29.1 Å². The summed E-state index contributed by atoms with van der Waals surface area (Å²) in [5, 5.41) is 2.72. The molecule has 1 N–H and O–H groups in total. The third-order valence-corrected chi connectivity index (χ3v) is 2.91. The first kappa shape index (κ1) is 13.6. The summed E-state index contributed by atoms with van der Waals surface area (Å²) in [6, 6.07) is 1.78. The van der Waals surface area contributed by atoms with E-state index in [9.17, 15) is 13.6 Å². The van der Waals surface area contributed by atoms with Crippen molar-refractivity contribution in [1.29, 1.82) is 0 Å². The van der Waals surface area contributed by atoms with E-state index in [0.29, 0.717) is 0 Å². The van der Waals surface area contributed by atoms with E-state index in [-0.39, 0.29) is 23.1 Å².